The monoisotopic (exact) mass is 538 g/mol. The lowest BCUT2D eigenvalue weighted by molar-refractivity contribution is -0.135. The molecule has 1 fully saturated rings. The highest BCUT2D eigenvalue weighted by molar-refractivity contribution is 7.10. The van der Waals surface area contributed by atoms with Gasteiger partial charge in [0, 0.05) is 30.1 Å². The Morgan fingerprint density at radius 2 is 1.97 bits per heavy atom. The number of fused-ring (bicyclic) bond motifs is 1. The Hall–Kier alpha value is -3.43. The Balaban J connectivity index is 1.35. The first kappa shape index (κ1) is 26.2. The van der Waals surface area contributed by atoms with Crippen LogP contribution >= 0.6 is 11.3 Å². The van der Waals surface area contributed by atoms with E-state index in [0.29, 0.717) is 31.0 Å². The van der Waals surface area contributed by atoms with E-state index in [2.05, 4.69) is 0 Å². The number of amides is 2. The fraction of sp³-hybridized carbons (Fsp3) is 0.379. The van der Waals surface area contributed by atoms with Gasteiger partial charge in [0.1, 0.15) is 18.9 Å². The summed E-state index contributed by atoms with van der Waals surface area (Å²) in [6.07, 6.45) is 2.41. The molecule has 9 heteroatoms. The lowest BCUT2D eigenvalue weighted by atomic mass is 10.00. The van der Waals surface area contributed by atoms with Crippen molar-refractivity contribution >= 4 is 23.2 Å². The number of carbonyl (C=O) groups is 2. The van der Waals surface area contributed by atoms with Crippen LogP contribution < -0.4 is 9.47 Å². The maximum absolute atomic E-state index is 14.2. The van der Waals surface area contributed by atoms with E-state index < -0.39 is 5.82 Å². The van der Waals surface area contributed by atoms with E-state index in [1.54, 1.807) is 70.7 Å². The van der Waals surface area contributed by atoms with Gasteiger partial charge in [0.2, 0.25) is 5.91 Å². The van der Waals surface area contributed by atoms with Crippen molar-refractivity contribution in [3.63, 3.8) is 0 Å². The molecule has 0 radical (unpaired) electrons. The maximum atomic E-state index is 14.2. The first-order chi connectivity index (χ1) is 18.5. The van der Waals surface area contributed by atoms with Gasteiger partial charge in [0.25, 0.3) is 5.91 Å². The molecule has 38 heavy (non-hydrogen) atoms. The van der Waals surface area contributed by atoms with Gasteiger partial charge in [-0.1, -0.05) is 12.1 Å². The van der Waals surface area contributed by atoms with E-state index in [1.807, 2.05) is 11.4 Å². The lowest BCUT2D eigenvalue weighted by Gasteiger charge is -2.37. The molecule has 0 aliphatic carbocycles. The second-order valence-electron chi connectivity index (χ2n) is 9.44. The molecule has 2 aromatic carbocycles. The van der Waals surface area contributed by atoms with Crippen LogP contribution in [0.15, 0.2) is 60.0 Å². The van der Waals surface area contributed by atoms with E-state index in [0.717, 1.165) is 24.8 Å². The fourth-order valence-corrected chi connectivity index (χ4v) is 5.96. The zero-order valence-electron chi connectivity index (χ0n) is 21.3. The molecule has 0 spiro atoms. The zero-order chi connectivity index (χ0) is 26.5. The molecule has 1 saturated heterocycles. The molecule has 0 unspecified atom stereocenters. The van der Waals surface area contributed by atoms with Crippen molar-refractivity contribution in [1.29, 1.82) is 0 Å². The third kappa shape index (κ3) is 5.84. The summed E-state index contributed by atoms with van der Waals surface area (Å²) < 4.78 is 31.1. The second kappa shape index (κ2) is 12.0. The Morgan fingerprint density at radius 1 is 1.16 bits per heavy atom. The van der Waals surface area contributed by atoms with Crippen molar-refractivity contribution in [3.8, 4) is 11.5 Å². The van der Waals surface area contributed by atoms with Crippen LogP contribution in [0.4, 0.5) is 4.39 Å². The van der Waals surface area contributed by atoms with E-state index in [4.69, 9.17) is 14.2 Å². The molecule has 0 saturated carbocycles. The summed E-state index contributed by atoms with van der Waals surface area (Å²) in [4.78, 5) is 31.9. The van der Waals surface area contributed by atoms with Crippen LogP contribution in [0.3, 0.4) is 0 Å². The minimum Gasteiger partial charge on any atom is -0.497 e. The number of rotatable bonds is 9. The average molecular weight is 539 g/mol. The molecule has 2 atom stereocenters. The van der Waals surface area contributed by atoms with Gasteiger partial charge in [-0.15, -0.1) is 11.3 Å². The molecule has 0 bridgehead atoms. The predicted molar refractivity (Wildman–Crippen MR) is 142 cm³/mol. The molecule has 2 aliphatic rings. The lowest BCUT2D eigenvalue weighted by Crippen LogP contribution is -2.49. The average Bonchev–Trinajstić information content (AvgIpc) is 3.64. The van der Waals surface area contributed by atoms with Gasteiger partial charge in [-0.25, -0.2) is 4.39 Å². The highest BCUT2D eigenvalue weighted by atomic mass is 32.1. The maximum Gasteiger partial charge on any atom is 0.254 e. The molecule has 200 valence electrons. The van der Waals surface area contributed by atoms with Crippen LogP contribution in [-0.2, 0) is 16.0 Å². The van der Waals surface area contributed by atoms with Crippen LogP contribution in [0, 0.1) is 5.82 Å². The second-order valence-corrected chi connectivity index (χ2v) is 10.4. The summed E-state index contributed by atoms with van der Waals surface area (Å²) >= 11 is 1.65. The van der Waals surface area contributed by atoms with Gasteiger partial charge in [0.05, 0.1) is 19.3 Å². The molecular weight excluding hydrogens is 507 g/mol. The zero-order valence-corrected chi connectivity index (χ0v) is 22.1. The molecule has 5 rings (SSSR count). The highest BCUT2D eigenvalue weighted by Crippen LogP contribution is 2.34. The van der Waals surface area contributed by atoms with E-state index in [9.17, 15) is 14.0 Å². The number of para-hydroxylation sites is 1. The number of nitrogens with zero attached hydrogens (tertiary/aromatic N) is 2. The fourth-order valence-electron chi connectivity index (χ4n) is 5.03. The van der Waals surface area contributed by atoms with Gasteiger partial charge in [-0.3, -0.25) is 9.59 Å². The number of benzene rings is 2. The van der Waals surface area contributed by atoms with Crippen LogP contribution in [0.2, 0.25) is 0 Å². The molecule has 7 nitrogen and oxygen atoms in total. The minimum absolute atomic E-state index is 0.0829. The van der Waals surface area contributed by atoms with E-state index >= 15 is 0 Å². The largest absolute Gasteiger partial charge is 0.497 e. The van der Waals surface area contributed by atoms with Gasteiger partial charge in [-0.2, -0.15) is 0 Å². The van der Waals surface area contributed by atoms with Crippen molar-refractivity contribution in [2.75, 3.05) is 40.0 Å². The molecule has 3 heterocycles. The third-order valence-electron chi connectivity index (χ3n) is 7.05. The van der Waals surface area contributed by atoms with Crippen LogP contribution in [-0.4, -0.2) is 67.7 Å². The summed E-state index contributed by atoms with van der Waals surface area (Å²) in [7, 11) is 1.57. The molecule has 1 aromatic heterocycles. The van der Waals surface area contributed by atoms with Gasteiger partial charge in [0.15, 0.2) is 11.6 Å². The third-order valence-corrected chi connectivity index (χ3v) is 8.04. The van der Waals surface area contributed by atoms with E-state index in [-0.39, 0.29) is 42.9 Å². The molecular formula is C29H31FN2O5S. The number of carbonyl (C=O) groups excluding carboxylic acids is 2. The topological polar surface area (TPSA) is 68.3 Å². The van der Waals surface area contributed by atoms with Crippen LogP contribution in [0.25, 0.3) is 0 Å². The number of thiophene rings is 1. The van der Waals surface area contributed by atoms with Crippen molar-refractivity contribution in [3.05, 3.63) is 81.8 Å². The molecule has 2 aliphatic heterocycles. The summed E-state index contributed by atoms with van der Waals surface area (Å²) in [5.41, 5.74) is 1.49. The van der Waals surface area contributed by atoms with Gasteiger partial charge < -0.3 is 24.0 Å². The van der Waals surface area contributed by atoms with Crippen molar-refractivity contribution < 1.29 is 28.2 Å². The number of methoxy groups -OCH3 is 1. The van der Waals surface area contributed by atoms with Crippen molar-refractivity contribution in [2.24, 2.45) is 0 Å². The predicted octanol–water partition coefficient (Wildman–Crippen LogP) is 4.72. The van der Waals surface area contributed by atoms with Gasteiger partial charge in [-0.05, 0) is 72.7 Å². The molecule has 3 aromatic rings. The smallest absolute Gasteiger partial charge is 0.254 e. The van der Waals surface area contributed by atoms with Crippen molar-refractivity contribution in [1.82, 2.24) is 9.80 Å². The SMILES string of the molecule is COc1ccc(C(=O)N(CC(=O)N2CCc3sccc3[C@@H]2COc2ccccc2F)C[C@H]2CCCO2)cc1. The normalized spacial score (nSPS) is 18.6. The Bertz CT molecular complexity index is 1260. The molecule has 0 N–H and O–H groups in total. The highest BCUT2D eigenvalue weighted by Gasteiger charge is 2.34. The number of halogens is 1. The Kier molecular flexibility index (Phi) is 8.24. The van der Waals surface area contributed by atoms with Crippen LogP contribution in [0.1, 0.15) is 39.7 Å². The minimum atomic E-state index is -0.445. The van der Waals surface area contributed by atoms with Gasteiger partial charge >= 0.3 is 0 Å². The Morgan fingerprint density at radius 3 is 2.71 bits per heavy atom. The first-order valence-electron chi connectivity index (χ1n) is 12.8. The quantitative estimate of drug-likeness (QED) is 0.394. The molecule has 2 amide bonds. The van der Waals surface area contributed by atoms with E-state index in [1.165, 1.54) is 10.9 Å². The van der Waals surface area contributed by atoms with Crippen molar-refractivity contribution in [2.45, 2.75) is 31.4 Å². The first-order valence-corrected chi connectivity index (χ1v) is 13.7. The summed E-state index contributed by atoms with van der Waals surface area (Å²) in [5, 5.41) is 2.01. The standard InChI is InChI=1S/C29H31FN2O5S/c1-35-21-10-8-20(9-11-21)29(34)31(17-22-5-4-15-36-22)18-28(33)32-14-12-27-23(13-16-38-27)25(32)19-37-26-7-3-2-6-24(26)30/h2-3,6-11,13,16,22,25H,4-5,12,14-15,17-19H2,1H3/t22-,25+/m1/s1. The summed E-state index contributed by atoms with van der Waals surface area (Å²) in [6, 6.07) is 14.8. The van der Waals surface area contributed by atoms with Crippen LogP contribution in [0.5, 0.6) is 11.5 Å². The summed E-state index contributed by atoms with van der Waals surface area (Å²) in [5.74, 6) is -0.0508. The number of hydrogen-bond donors (Lipinski definition) is 0. The summed E-state index contributed by atoms with van der Waals surface area (Å²) in [6.45, 7) is 1.54. The Labute approximate surface area is 225 Å². The number of hydrogen-bond acceptors (Lipinski definition) is 6. The number of ether oxygens (including phenoxy) is 3.